The van der Waals surface area contributed by atoms with Crippen LogP contribution in [0.2, 0.25) is 0 Å². The zero-order chi connectivity index (χ0) is 23.7. The Balaban J connectivity index is 1.84. The predicted octanol–water partition coefficient (Wildman–Crippen LogP) is 4.79. The van der Waals surface area contributed by atoms with Crippen LogP contribution in [-0.2, 0) is 16.0 Å². The third-order valence-electron chi connectivity index (χ3n) is 4.48. The summed E-state index contributed by atoms with van der Waals surface area (Å²) in [6, 6.07) is 14.6. The van der Waals surface area contributed by atoms with Crippen LogP contribution in [0.15, 0.2) is 48.5 Å². The highest BCUT2D eigenvalue weighted by atomic mass is 16.6. The molecule has 0 bridgehead atoms. The Kier molecular flexibility index (Phi) is 8.93. The molecule has 0 aliphatic heterocycles. The molecular formula is C25H33NO6. The molecule has 0 heterocycles. The molecule has 2 rings (SSSR count). The predicted molar refractivity (Wildman–Crippen MR) is 122 cm³/mol. The molecule has 1 unspecified atom stereocenters. The number of aliphatic carboxylic acids is 1. The minimum Gasteiger partial charge on any atom is -0.492 e. The maximum Gasteiger partial charge on any atom is 0.407 e. The van der Waals surface area contributed by atoms with E-state index in [2.05, 4.69) is 19.2 Å². The number of ether oxygens (including phenoxy) is 3. The van der Waals surface area contributed by atoms with Crippen molar-refractivity contribution in [2.24, 2.45) is 0 Å². The standard InChI is InChI=1S/C25H33NO6/c1-17(2)19-8-12-21(13-9-19)31-22(23(27)28)16-18-6-10-20(11-7-18)30-15-14-26-24(29)32-25(3,4)5/h6-13,17,22H,14-16H2,1-5H3,(H,26,29)(H,27,28). The monoisotopic (exact) mass is 443 g/mol. The lowest BCUT2D eigenvalue weighted by Gasteiger charge is -2.19. The van der Waals surface area contributed by atoms with Gasteiger partial charge in [0, 0.05) is 6.42 Å². The highest BCUT2D eigenvalue weighted by Gasteiger charge is 2.20. The molecular weight excluding hydrogens is 410 g/mol. The van der Waals surface area contributed by atoms with Crippen LogP contribution in [0.3, 0.4) is 0 Å². The van der Waals surface area contributed by atoms with E-state index in [4.69, 9.17) is 14.2 Å². The van der Waals surface area contributed by atoms with Crippen molar-refractivity contribution in [2.45, 2.75) is 58.7 Å². The molecule has 0 aliphatic rings. The lowest BCUT2D eigenvalue weighted by atomic mass is 10.0. The topological polar surface area (TPSA) is 94.1 Å². The van der Waals surface area contributed by atoms with Crippen molar-refractivity contribution in [3.05, 3.63) is 59.7 Å². The van der Waals surface area contributed by atoms with E-state index >= 15 is 0 Å². The fourth-order valence-electron chi connectivity index (χ4n) is 2.85. The van der Waals surface area contributed by atoms with E-state index in [1.165, 1.54) is 5.56 Å². The van der Waals surface area contributed by atoms with Crippen molar-refractivity contribution < 1.29 is 28.9 Å². The van der Waals surface area contributed by atoms with Crippen LogP contribution in [0.1, 0.15) is 51.7 Å². The van der Waals surface area contributed by atoms with E-state index in [0.29, 0.717) is 24.0 Å². The first kappa shape index (κ1) is 25.0. The van der Waals surface area contributed by atoms with E-state index < -0.39 is 23.8 Å². The van der Waals surface area contributed by atoms with Gasteiger partial charge in [0.25, 0.3) is 0 Å². The summed E-state index contributed by atoms with van der Waals surface area (Å²) in [6.45, 7) is 10.2. The molecule has 2 N–H and O–H groups in total. The van der Waals surface area contributed by atoms with Crippen molar-refractivity contribution in [2.75, 3.05) is 13.2 Å². The van der Waals surface area contributed by atoms with Crippen molar-refractivity contribution in [3.63, 3.8) is 0 Å². The van der Waals surface area contributed by atoms with Crippen molar-refractivity contribution in [1.82, 2.24) is 5.32 Å². The Labute approximate surface area is 189 Å². The summed E-state index contributed by atoms with van der Waals surface area (Å²) in [6.07, 6.45) is -1.26. The molecule has 32 heavy (non-hydrogen) atoms. The Hall–Kier alpha value is -3.22. The third-order valence-corrected chi connectivity index (χ3v) is 4.48. The van der Waals surface area contributed by atoms with Crippen LogP contribution in [0, 0.1) is 0 Å². The largest absolute Gasteiger partial charge is 0.492 e. The van der Waals surface area contributed by atoms with Gasteiger partial charge in [0.1, 0.15) is 23.7 Å². The van der Waals surface area contributed by atoms with E-state index in [0.717, 1.165) is 5.56 Å². The second kappa shape index (κ2) is 11.4. The first-order chi connectivity index (χ1) is 15.0. The van der Waals surface area contributed by atoms with Gasteiger partial charge in [0.15, 0.2) is 6.10 Å². The summed E-state index contributed by atoms with van der Waals surface area (Å²) in [4.78, 5) is 23.3. The van der Waals surface area contributed by atoms with Crippen LogP contribution >= 0.6 is 0 Å². The molecule has 0 aliphatic carbocycles. The van der Waals surface area contributed by atoms with Crippen LogP contribution < -0.4 is 14.8 Å². The lowest BCUT2D eigenvalue weighted by molar-refractivity contribution is -0.145. The third kappa shape index (κ3) is 8.88. The number of rotatable bonds is 10. The number of carbonyl (C=O) groups is 2. The average molecular weight is 444 g/mol. The summed E-state index contributed by atoms with van der Waals surface area (Å²) >= 11 is 0. The van der Waals surface area contributed by atoms with E-state index in [9.17, 15) is 14.7 Å². The van der Waals surface area contributed by atoms with E-state index in [1.807, 2.05) is 12.1 Å². The molecule has 1 amide bonds. The zero-order valence-corrected chi connectivity index (χ0v) is 19.4. The summed E-state index contributed by atoms with van der Waals surface area (Å²) < 4.78 is 16.5. The highest BCUT2D eigenvalue weighted by molar-refractivity contribution is 5.73. The van der Waals surface area contributed by atoms with Gasteiger partial charge in [-0.15, -0.1) is 0 Å². The number of carboxylic acid groups (broad SMARTS) is 1. The minimum atomic E-state index is -1.02. The normalized spacial score (nSPS) is 12.2. The minimum absolute atomic E-state index is 0.224. The van der Waals surface area contributed by atoms with Gasteiger partial charge in [-0.05, 0) is 62.1 Å². The van der Waals surface area contributed by atoms with Gasteiger partial charge in [-0.25, -0.2) is 9.59 Å². The number of hydrogen-bond donors (Lipinski definition) is 2. The summed E-state index contributed by atoms with van der Waals surface area (Å²) in [5.41, 5.74) is 1.44. The first-order valence-corrected chi connectivity index (χ1v) is 10.7. The van der Waals surface area contributed by atoms with E-state index in [-0.39, 0.29) is 13.0 Å². The molecule has 2 aromatic carbocycles. The zero-order valence-electron chi connectivity index (χ0n) is 19.4. The van der Waals surface area contributed by atoms with Gasteiger partial charge in [0.05, 0.1) is 6.54 Å². The van der Waals surface area contributed by atoms with Crippen LogP contribution in [0.5, 0.6) is 11.5 Å². The van der Waals surface area contributed by atoms with Crippen LogP contribution in [0.4, 0.5) is 4.79 Å². The second-order valence-electron chi connectivity index (χ2n) is 8.79. The molecule has 1 atom stereocenters. The Bertz CT molecular complexity index is 869. The number of hydrogen-bond acceptors (Lipinski definition) is 5. The molecule has 0 saturated carbocycles. The quantitative estimate of drug-likeness (QED) is 0.513. The maximum absolute atomic E-state index is 11.7. The summed E-state index contributed by atoms with van der Waals surface area (Å²) in [5.74, 6) is 0.524. The molecule has 174 valence electrons. The van der Waals surface area contributed by atoms with Gasteiger partial charge < -0.3 is 24.6 Å². The summed E-state index contributed by atoms with van der Waals surface area (Å²) in [5, 5.41) is 12.2. The fraction of sp³-hybridized carbons (Fsp3) is 0.440. The Morgan fingerprint density at radius 3 is 2.09 bits per heavy atom. The number of benzene rings is 2. The summed E-state index contributed by atoms with van der Waals surface area (Å²) in [7, 11) is 0. The van der Waals surface area contributed by atoms with Gasteiger partial charge >= 0.3 is 12.1 Å². The number of amides is 1. The maximum atomic E-state index is 11.7. The molecule has 2 aromatic rings. The van der Waals surface area contributed by atoms with Gasteiger partial charge in [-0.1, -0.05) is 38.1 Å². The average Bonchev–Trinajstić information content (AvgIpc) is 2.71. The Morgan fingerprint density at radius 1 is 0.969 bits per heavy atom. The SMILES string of the molecule is CC(C)c1ccc(OC(Cc2ccc(OCCNC(=O)OC(C)(C)C)cc2)C(=O)O)cc1. The van der Waals surface area contributed by atoms with Crippen molar-refractivity contribution >= 4 is 12.1 Å². The molecule has 0 saturated heterocycles. The van der Waals surface area contributed by atoms with Crippen molar-refractivity contribution in [1.29, 1.82) is 0 Å². The van der Waals surface area contributed by atoms with Gasteiger partial charge in [-0.3, -0.25) is 0 Å². The van der Waals surface area contributed by atoms with E-state index in [1.54, 1.807) is 57.2 Å². The molecule has 7 heteroatoms. The number of carboxylic acids is 1. The highest BCUT2D eigenvalue weighted by Crippen LogP contribution is 2.21. The fourth-order valence-corrected chi connectivity index (χ4v) is 2.85. The molecule has 7 nitrogen and oxygen atoms in total. The number of alkyl carbamates (subject to hydrolysis) is 1. The molecule has 0 spiro atoms. The smallest absolute Gasteiger partial charge is 0.407 e. The molecule has 0 aromatic heterocycles. The molecule has 0 radical (unpaired) electrons. The number of nitrogens with one attached hydrogen (secondary N) is 1. The van der Waals surface area contributed by atoms with Crippen molar-refractivity contribution in [3.8, 4) is 11.5 Å². The first-order valence-electron chi connectivity index (χ1n) is 10.7. The lowest BCUT2D eigenvalue weighted by Crippen LogP contribution is -2.34. The van der Waals surface area contributed by atoms with Crippen LogP contribution in [0.25, 0.3) is 0 Å². The van der Waals surface area contributed by atoms with Crippen LogP contribution in [-0.4, -0.2) is 42.0 Å². The Morgan fingerprint density at radius 2 is 1.56 bits per heavy atom. The number of carbonyl (C=O) groups excluding carboxylic acids is 1. The second-order valence-corrected chi connectivity index (χ2v) is 8.79. The van der Waals surface area contributed by atoms with Gasteiger partial charge in [0.2, 0.25) is 0 Å². The van der Waals surface area contributed by atoms with Gasteiger partial charge in [-0.2, -0.15) is 0 Å². The molecule has 0 fully saturated rings.